The van der Waals surface area contributed by atoms with Crippen LogP contribution in [0.2, 0.25) is 0 Å². The fraction of sp³-hybridized carbons (Fsp3) is 0.333. The number of carbonyl (C=O) groups is 1. The molecule has 0 aliphatic rings. The van der Waals surface area contributed by atoms with E-state index < -0.39 is 5.91 Å². The Bertz CT molecular complexity index is 525. The van der Waals surface area contributed by atoms with E-state index in [-0.39, 0.29) is 18.1 Å². The second-order valence-corrected chi connectivity index (χ2v) is 3.43. The molecule has 8 nitrogen and oxygen atoms in total. The molecule has 0 spiro atoms. The summed E-state index contributed by atoms with van der Waals surface area (Å²) in [6.45, 7) is 3.77. The van der Waals surface area contributed by atoms with Crippen LogP contribution in [0.4, 0.5) is 5.82 Å². The van der Waals surface area contributed by atoms with E-state index in [1.54, 1.807) is 6.92 Å². The minimum Gasteiger partial charge on any atom is -0.444 e. The average molecular weight is 237 g/mol. The highest BCUT2D eigenvalue weighted by molar-refractivity contribution is 5.95. The second kappa shape index (κ2) is 4.24. The Kier molecular flexibility index (Phi) is 2.77. The van der Waals surface area contributed by atoms with Gasteiger partial charge in [0.1, 0.15) is 5.76 Å². The number of nitrogen functional groups attached to an aromatic ring is 1. The van der Waals surface area contributed by atoms with Gasteiger partial charge in [-0.3, -0.25) is 4.79 Å². The minimum absolute atomic E-state index is 0.0509. The highest BCUT2D eigenvalue weighted by Crippen LogP contribution is 2.08. The molecule has 0 bridgehead atoms. The molecule has 2 aromatic rings. The zero-order chi connectivity index (χ0) is 12.4. The van der Waals surface area contributed by atoms with Gasteiger partial charge in [0.05, 0.1) is 12.2 Å². The van der Waals surface area contributed by atoms with Gasteiger partial charge in [-0.25, -0.2) is 9.61 Å². The monoisotopic (exact) mass is 237 g/mol. The van der Waals surface area contributed by atoms with E-state index in [0.717, 1.165) is 11.5 Å². The lowest BCUT2D eigenvalue weighted by Crippen LogP contribution is -2.24. The Morgan fingerprint density at radius 1 is 1.41 bits per heavy atom. The standard InChI is InChI=1S/C9H11N5O3/c1-4-5(2)16-6(12-4)3-11-9(15)7-8(10)14-17-13-7/h3H2,1-2H3,(H2,10,14)(H,11,15). The van der Waals surface area contributed by atoms with Crippen molar-refractivity contribution in [3.8, 4) is 0 Å². The summed E-state index contributed by atoms with van der Waals surface area (Å²) in [4.78, 5) is 15.7. The Balaban J connectivity index is 1.99. The van der Waals surface area contributed by atoms with Gasteiger partial charge in [0.25, 0.3) is 5.91 Å². The number of aromatic nitrogens is 3. The minimum atomic E-state index is -0.489. The van der Waals surface area contributed by atoms with Crippen molar-refractivity contribution in [3.05, 3.63) is 23.0 Å². The van der Waals surface area contributed by atoms with Crippen molar-refractivity contribution in [3.63, 3.8) is 0 Å². The van der Waals surface area contributed by atoms with Crippen molar-refractivity contribution < 1.29 is 13.8 Å². The molecule has 0 saturated carbocycles. The number of nitrogens with two attached hydrogens (primary N) is 1. The molecule has 2 heterocycles. The molecule has 0 saturated heterocycles. The Morgan fingerprint density at radius 3 is 2.71 bits per heavy atom. The number of anilines is 1. The summed E-state index contributed by atoms with van der Waals surface area (Å²) < 4.78 is 9.61. The average Bonchev–Trinajstić information content (AvgIpc) is 2.83. The number of oxazole rings is 1. The summed E-state index contributed by atoms with van der Waals surface area (Å²) >= 11 is 0. The predicted octanol–water partition coefficient (Wildman–Crippen LogP) is 0.187. The van der Waals surface area contributed by atoms with Crippen molar-refractivity contribution in [1.82, 2.24) is 20.6 Å². The van der Waals surface area contributed by atoms with Gasteiger partial charge < -0.3 is 15.5 Å². The van der Waals surface area contributed by atoms with E-state index in [9.17, 15) is 4.79 Å². The molecule has 2 rings (SSSR count). The number of aryl methyl sites for hydroxylation is 2. The summed E-state index contributed by atoms with van der Waals surface area (Å²) in [5.74, 6) is 0.597. The lowest BCUT2D eigenvalue weighted by atomic mass is 10.4. The fourth-order valence-corrected chi connectivity index (χ4v) is 1.21. The van der Waals surface area contributed by atoms with Gasteiger partial charge >= 0.3 is 0 Å². The highest BCUT2D eigenvalue weighted by atomic mass is 16.6. The normalized spacial score (nSPS) is 10.5. The molecular weight excluding hydrogens is 226 g/mol. The number of rotatable bonds is 3. The van der Waals surface area contributed by atoms with Crippen LogP contribution in [0.1, 0.15) is 27.8 Å². The van der Waals surface area contributed by atoms with Gasteiger partial charge in [0.15, 0.2) is 0 Å². The Hall–Kier alpha value is -2.38. The molecule has 0 aliphatic carbocycles. The van der Waals surface area contributed by atoms with E-state index in [1.807, 2.05) is 6.92 Å². The SMILES string of the molecule is Cc1nc(CNC(=O)c2nonc2N)oc1C. The molecule has 0 atom stereocenters. The lowest BCUT2D eigenvalue weighted by Gasteiger charge is -1.98. The van der Waals surface area contributed by atoms with Crippen LogP contribution in [0, 0.1) is 13.8 Å². The molecule has 0 radical (unpaired) electrons. The Labute approximate surface area is 96.1 Å². The van der Waals surface area contributed by atoms with Gasteiger partial charge in [-0.2, -0.15) is 0 Å². The number of hydrogen-bond donors (Lipinski definition) is 2. The van der Waals surface area contributed by atoms with E-state index in [2.05, 4.69) is 25.2 Å². The summed E-state index contributed by atoms with van der Waals surface area (Å²) in [6.07, 6.45) is 0. The van der Waals surface area contributed by atoms with Gasteiger partial charge in [-0.1, -0.05) is 0 Å². The van der Waals surface area contributed by atoms with Crippen molar-refractivity contribution in [2.24, 2.45) is 0 Å². The molecule has 17 heavy (non-hydrogen) atoms. The maximum Gasteiger partial charge on any atom is 0.277 e. The predicted molar refractivity (Wildman–Crippen MR) is 55.9 cm³/mol. The van der Waals surface area contributed by atoms with Crippen molar-refractivity contribution in [1.29, 1.82) is 0 Å². The molecule has 8 heteroatoms. The number of hydrogen-bond acceptors (Lipinski definition) is 7. The van der Waals surface area contributed by atoms with Crippen molar-refractivity contribution >= 4 is 11.7 Å². The van der Waals surface area contributed by atoms with Gasteiger partial charge in [0, 0.05) is 0 Å². The van der Waals surface area contributed by atoms with E-state index >= 15 is 0 Å². The van der Waals surface area contributed by atoms with Crippen LogP contribution in [0.3, 0.4) is 0 Å². The van der Waals surface area contributed by atoms with Crippen LogP contribution in [0.25, 0.3) is 0 Å². The highest BCUT2D eigenvalue weighted by Gasteiger charge is 2.16. The number of carbonyl (C=O) groups excluding carboxylic acids is 1. The third kappa shape index (κ3) is 2.25. The fourth-order valence-electron chi connectivity index (χ4n) is 1.21. The summed E-state index contributed by atoms with van der Waals surface area (Å²) in [5, 5.41) is 9.22. The molecule has 1 amide bonds. The number of amides is 1. The maximum absolute atomic E-state index is 11.6. The summed E-state index contributed by atoms with van der Waals surface area (Å²) in [5.41, 5.74) is 6.11. The van der Waals surface area contributed by atoms with Crippen LogP contribution in [-0.2, 0) is 6.54 Å². The van der Waals surface area contributed by atoms with E-state index in [4.69, 9.17) is 10.2 Å². The van der Waals surface area contributed by atoms with Crippen LogP contribution < -0.4 is 11.1 Å². The van der Waals surface area contributed by atoms with E-state index in [1.165, 1.54) is 0 Å². The number of nitrogens with zero attached hydrogens (tertiary/aromatic N) is 3. The topological polar surface area (TPSA) is 120 Å². The first-order valence-electron chi connectivity index (χ1n) is 4.87. The third-order valence-corrected chi connectivity index (χ3v) is 2.20. The van der Waals surface area contributed by atoms with Crippen molar-refractivity contribution in [2.45, 2.75) is 20.4 Å². The molecule has 0 aromatic carbocycles. The molecule has 0 unspecified atom stereocenters. The summed E-state index contributed by atoms with van der Waals surface area (Å²) in [7, 11) is 0. The summed E-state index contributed by atoms with van der Waals surface area (Å²) in [6, 6.07) is 0. The maximum atomic E-state index is 11.6. The van der Waals surface area contributed by atoms with Gasteiger partial charge in [0.2, 0.25) is 17.4 Å². The lowest BCUT2D eigenvalue weighted by molar-refractivity contribution is 0.0938. The van der Waals surface area contributed by atoms with Crippen molar-refractivity contribution in [2.75, 3.05) is 5.73 Å². The first kappa shape index (κ1) is 11.1. The quantitative estimate of drug-likeness (QED) is 0.781. The zero-order valence-corrected chi connectivity index (χ0v) is 9.35. The molecular formula is C9H11N5O3. The largest absolute Gasteiger partial charge is 0.444 e. The first-order chi connectivity index (χ1) is 8.08. The first-order valence-corrected chi connectivity index (χ1v) is 4.87. The molecule has 2 aromatic heterocycles. The molecule has 0 aliphatic heterocycles. The third-order valence-electron chi connectivity index (χ3n) is 2.20. The second-order valence-electron chi connectivity index (χ2n) is 3.43. The van der Waals surface area contributed by atoms with Crippen LogP contribution >= 0.6 is 0 Å². The van der Waals surface area contributed by atoms with Crippen LogP contribution in [0.15, 0.2) is 9.05 Å². The van der Waals surface area contributed by atoms with Crippen LogP contribution in [0.5, 0.6) is 0 Å². The number of nitrogens with one attached hydrogen (secondary N) is 1. The molecule has 3 N–H and O–H groups in total. The smallest absolute Gasteiger partial charge is 0.277 e. The van der Waals surface area contributed by atoms with Gasteiger partial charge in [-0.15, -0.1) is 0 Å². The molecule has 90 valence electrons. The molecule has 0 fully saturated rings. The van der Waals surface area contributed by atoms with Gasteiger partial charge in [-0.05, 0) is 24.2 Å². The zero-order valence-electron chi connectivity index (χ0n) is 9.35. The Morgan fingerprint density at radius 2 is 2.18 bits per heavy atom. The van der Waals surface area contributed by atoms with E-state index in [0.29, 0.717) is 5.89 Å². The van der Waals surface area contributed by atoms with Crippen LogP contribution in [-0.4, -0.2) is 21.2 Å².